The molecule has 5 heteroatoms. The van der Waals surface area contributed by atoms with Gasteiger partial charge in [-0.05, 0) is 6.54 Å². The van der Waals surface area contributed by atoms with E-state index in [4.69, 9.17) is 20.7 Å². The van der Waals surface area contributed by atoms with Crippen LogP contribution in [0.1, 0.15) is 6.92 Å². The minimum atomic E-state index is -1.83. The smallest absolute Gasteiger partial charge is 0.450 e. The second-order valence-corrected chi connectivity index (χ2v) is 1.42. The van der Waals surface area contributed by atoms with Crippen LogP contribution in [0.15, 0.2) is 0 Å². The molecule has 0 saturated heterocycles. The fourth-order valence-electron chi connectivity index (χ4n) is 0.279. The van der Waals surface area contributed by atoms with E-state index < -0.39 is 6.16 Å². The molecule has 0 amide bonds. The summed E-state index contributed by atoms with van der Waals surface area (Å²) in [7, 11) is 0. The van der Waals surface area contributed by atoms with Crippen LogP contribution >= 0.6 is 0 Å². The third kappa shape index (κ3) is 57.4. The number of nitrogens with one attached hydrogen (secondary N) is 1. The van der Waals surface area contributed by atoms with Crippen molar-refractivity contribution in [3.8, 4) is 0 Å². The number of likely N-dealkylation sites (N-methyl/N-ethyl adjacent to an activating group) is 1. The molecular weight excluding hydrogens is 136 g/mol. The number of carbonyl (C=O) groups is 1. The second kappa shape index (κ2) is 11.0. The Labute approximate surface area is 59.8 Å². The van der Waals surface area contributed by atoms with E-state index in [9.17, 15) is 0 Å². The summed E-state index contributed by atoms with van der Waals surface area (Å²) < 4.78 is 0. The Morgan fingerprint density at radius 1 is 1.60 bits per heavy atom. The lowest BCUT2D eigenvalue weighted by Crippen LogP contribution is -2.21. The number of hydrogen-bond acceptors (Lipinski definition) is 3. The van der Waals surface area contributed by atoms with Crippen molar-refractivity contribution in [2.45, 2.75) is 6.92 Å². The van der Waals surface area contributed by atoms with Gasteiger partial charge >= 0.3 is 6.16 Å². The summed E-state index contributed by atoms with van der Waals surface area (Å²) in [5.41, 5.74) is 5.15. The fraction of sp³-hybridized carbons (Fsp3) is 0.800. The van der Waals surface area contributed by atoms with Crippen molar-refractivity contribution in [2.75, 3.05) is 19.6 Å². The molecule has 0 saturated carbocycles. The normalized spacial score (nSPS) is 7.80. The van der Waals surface area contributed by atoms with E-state index in [1.807, 2.05) is 0 Å². The van der Waals surface area contributed by atoms with Crippen molar-refractivity contribution < 1.29 is 15.0 Å². The van der Waals surface area contributed by atoms with Crippen LogP contribution in [-0.4, -0.2) is 36.0 Å². The summed E-state index contributed by atoms with van der Waals surface area (Å²) in [6.07, 6.45) is -1.83. The highest BCUT2D eigenvalue weighted by Crippen LogP contribution is 1.48. The van der Waals surface area contributed by atoms with Crippen molar-refractivity contribution in [3.05, 3.63) is 0 Å². The van der Waals surface area contributed by atoms with Gasteiger partial charge in [0.15, 0.2) is 0 Å². The number of rotatable bonds is 3. The lowest BCUT2D eigenvalue weighted by molar-refractivity contribution is 0.137. The lowest BCUT2D eigenvalue weighted by Gasteiger charge is -1.92. The maximum Gasteiger partial charge on any atom is 0.503 e. The van der Waals surface area contributed by atoms with Gasteiger partial charge in [-0.3, -0.25) is 0 Å². The van der Waals surface area contributed by atoms with Gasteiger partial charge in [0.2, 0.25) is 0 Å². The van der Waals surface area contributed by atoms with Crippen molar-refractivity contribution in [3.63, 3.8) is 0 Å². The molecule has 0 fully saturated rings. The van der Waals surface area contributed by atoms with Crippen LogP contribution in [0.25, 0.3) is 0 Å². The molecule has 0 bridgehead atoms. The van der Waals surface area contributed by atoms with Crippen molar-refractivity contribution >= 4 is 6.16 Å². The summed E-state index contributed by atoms with van der Waals surface area (Å²) in [5.74, 6) is 0. The minimum Gasteiger partial charge on any atom is -0.450 e. The predicted octanol–water partition coefficient (Wildman–Crippen LogP) is -0.223. The molecule has 0 aromatic rings. The topological polar surface area (TPSA) is 95.6 Å². The van der Waals surface area contributed by atoms with Crippen LogP contribution in [0.4, 0.5) is 4.79 Å². The van der Waals surface area contributed by atoms with Gasteiger partial charge in [-0.1, -0.05) is 6.92 Å². The largest absolute Gasteiger partial charge is 0.503 e. The van der Waals surface area contributed by atoms with Gasteiger partial charge in [-0.15, -0.1) is 0 Å². The average molecular weight is 150 g/mol. The molecule has 62 valence electrons. The van der Waals surface area contributed by atoms with Crippen LogP contribution in [0.3, 0.4) is 0 Å². The highest BCUT2D eigenvalue weighted by atomic mass is 16.6. The van der Waals surface area contributed by atoms with Gasteiger partial charge in [-0.2, -0.15) is 0 Å². The first kappa shape index (κ1) is 11.9. The predicted molar refractivity (Wildman–Crippen MR) is 38.3 cm³/mol. The van der Waals surface area contributed by atoms with E-state index in [0.29, 0.717) is 0 Å². The fourth-order valence-corrected chi connectivity index (χ4v) is 0.279. The van der Waals surface area contributed by atoms with Gasteiger partial charge < -0.3 is 21.3 Å². The molecule has 0 aliphatic rings. The average Bonchev–Trinajstić information content (AvgIpc) is 1.82. The molecule has 0 rings (SSSR count). The molecule has 0 radical (unpaired) electrons. The SMILES string of the molecule is CCNCCN.O=C(O)O. The maximum atomic E-state index is 8.56. The number of hydrogen-bond donors (Lipinski definition) is 4. The highest BCUT2D eigenvalue weighted by Gasteiger charge is 1.71. The molecular formula is C5H14N2O3. The Balaban J connectivity index is 0. The number of nitrogens with two attached hydrogens (primary N) is 1. The van der Waals surface area contributed by atoms with Crippen molar-refractivity contribution in [1.29, 1.82) is 0 Å². The molecule has 0 aromatic carbocycles. The highest BCUT2D eigenvalue weighted by molar-refractivity contribution is 5.53. The maximum absolute atomic E-state index is 8.56. The van der Waals surface area contributed by atoms with Crippen molar-refractivity contribution in [1.82, 2.24) is 5.32 Å². The third-order valence-electron chi connectivity index (χ3n) is 0.571. The monoisotopic (exact) mass is 150 g/mol. The molecule has 5 nitrogen and oxygen atoms in total. The van der Waals surface area contributed by atoms with E-state index in [1.165, 1.54) is 0 Å². The first-order valence-electron chi connectivity index (χ1n) is 2.97. The van der Waals surface area contributed by atoms with Crippen LogP contribution < -0.4 is 11.1 Å². The van der Waals surface area contributed by atoms with Gasteiger partial charge in [0, 0.05) is 13.1 Å². The summed E-state index contributed by atoms with van der Waals surface area (Å²) in [5, 5.41) is 17.0. The number of carboxylic acid groups (broad SMARTS) is 2. The molecule has 0 atom stereocenters. The van der Waals surface area contributed by atoms with E-state index in [0.717, 1.165) is 19.6 Å². The summed E-state index contributed by atoms with van der Waals surface area (Å²) in [6.45, 7) is 4.77. The first-order chi connectivity index (χ1) is 4.65. The van der Waals surface area contributed by atoms with Crippen molar-refractivity contribution in [2.24, 2.45) is 5.73 Å². The minimum absolute atomic E-state index is 0.744. The van der Waals surface area contributed by atoms with Gasteiger partial charge in [0.1, 0.15) is 0 Å². The zero-order valence-electron chi connectivity index (χ0n) is 6.00. The van der Waals surface area contributed by atoms with E-state index in [2.05, 4.69) is 12.2 Å². The summed E-state index contributed by atoms with van der Waals surface area (Å²) in [6, 6.07) is 0. The van der Waals surface area contributed by atoms with Crippen LogP contribution in [-0.2, 0) is 0 Å². The Hall–Kier alpha value is -0.810. The second-order valence-electron chi connectivity index (χ2n) is 1.42. The standard InChI is InChI=1S/C4H12N2.CH2O3/c1-2-6-4-3-5;2-1(3)4/h6H,2-5H2,1H3;(H2,2,3,4). The molecule has 5 N–H and O–H groups in total. The third-order valence-corrected chi connectivity index (χ3v) is 0.571. The van der Waals surface area contributed by atoms with E-state index in [-0.39, 0.29) is 0 Å². The molecule has 0 unspecified atom stereocenters. The molecule has 0 aromatic heterocycles. The van der Waals surface area contributed by atoms with Gasteiger partial charge in [0.05, 0.1) is 0 Å². The zero-order valence-corrected chi connectivity index (χ0v) is 6.00. The Kier molecular flexibility index (Phi) is 13.2. The molecule has 10 heavy (non-hydrogen) atoms. The van der Waals surface area contributed by atoms with Crippen LogP contribution in [0, 0.1) is 0 Å². The molecule has 0 spiro atoms. The summed E-state index contributed by atoms with van der Waals surface area (Å²) in [4.78, 5) is 8.56. The van der Waals surface area contributed by atoms with Crippen LogP contribution in [0.2, 0.25) is 0 Å². The Morgan fingerprint density at radius 2 is 2.00 bits per heavy atom. The Morgan fingerprint density at radius 3 is 2.10 bits per heavy atom. The first-order valence-corrected chi connectivity index (χ1v) is 2.97. The molecule has 0 aliphatic heterocycles. The van der Waals surface area contributed by atoms with Gasteiger partial charge in [-0.25, -0.2) is 4.79 Å². The van der Waals surface area contributed by atoms with Crippen LogP contribution in [0.5, 0.6) is 0 Å². The zero-order chi connectivity index (χ0) is 8.41. The van der Waals surface area contributed by atoms with E-state index in [1.54, 1.807) is 0 Å². The van der Waals surface area contributed by atoms with E-state index >= 15 is 0 Å². The Bertz CT molecular complexity index is 69.3. The summed E-state index contributed by atoms with van der Waals surface area (Å²) >= 11 is 0. The molecule has 0 aliphatic carbocycles. The molecule has 0 heterocycles. The quantitative estimate of drug-likeness (QED) is 0.417. The lowest BCUT2D eigenvalue weighted by atomic mass is 10.6. The van der Waals surface area contributed by atoms with Gasteiger partial charge in [0.25, 0.3) is 0 Å².